The van der Waals surface area contributed by atoms with Gasteiger partial charge in [-0.25, -0.2) is 4.99 Å². The van der Waals surface area contributed by atoms with Gasteiger partial charge < -0.3 is 20.1 Å². The zero-order valence-electron chi connectivity index (χ0n) is 15.3. The minimum Gasteiger partial charge on any atom is -0.381 e. The molecule has 2 heterocycles. The lowest BCUT2D eigenvalue weighted by Crippen LogP contribution is -2.43. The van der Waals surface area contributed by atoms with Gasteiger partial charge in [0.2, 0.25) is 0 Å². The summed E-state index contributed by atoms with van der Waals surface area (Å²) in [7, 11) is 0. The van der Waals surface area contributed by atoms with Gasteiger partial charge >= 0.3 is 0 Å². The van der Waals surface area contributed by atoms with Crippen molar-refractivity contribution in [3.63, 3.8) is 0 Å². The normalized spacial score (nSPS) is 23.0. The maximum atomic E-state index is 6.16. The molecule has 0 unspecified atom stereocenters. The van der Waals surface area contributed by atoms with Gasteiger partial charge in [0.1, 0.15) is 0 Å². The van der Waals surface area contributed by atoms with Crippen LogP contribution in [0.25, 0.3) is 0 Å². The van der Waals surface area contributed by atoms with Crippen LogP contribution < -0.4 is 5.73 Å². The molecule has 0 bridgehead atoms. The van der Waals surface area contributed by atoms with E-state index in [1.165, 1.54) is 24.0 Å². The van der Waals surface area contributed by atoms with Crippen LogP contribution in [-0.2, 0) is 22.6 Å². The average molecular weight is 345 g/mol. The summed E-state index contributed by atoms with van der Waals surface area (Å²) < 4.78 is 11.3. The van der Waals surface area contributed by atoms with Crippen molar-refractivity contribution in [1.29, 1.82) is 0 Å². The fourth-order valence-corrected chi connectivity index (χ4v) is 3.47. The van der Waals surface area contributed by atoms with Crippen molar-refractivity contribution in [2.45, 2.75) is 51.9 Å². The molecule has 1 aromatic rings. The zero-order valence-corrected chi connectivity index (χ0v) is 15.3. The zero-order chi connectivity index (χ0) is 17.5. The Kier molecular flexibility index (Phi) is 6.70. The fourth-order valence-electron chi connectivity index (χ4n) is 3.47. The number of nitrogens with zero attached hydrogens (tertiary/aromatic N) is 2. The van der Waals surface area contributed by atoms with Gasteiger partial charge in [0.15, 0.2) is 5.96 Å². The third-order valence-electron chi connectivity index (χ3n) is 5.08. The summed E-state index contributed by atoms with van der Waals surface area (Å²) in [5.74, 6) is 1.39. The average Bonchev–Trinajstić information content (AvgIpc) is 2.66. The third-order valence-corrected chi connectivity index (χ3v) is 5.08. The lowest BCUT2D eigenvalue weighted by Gasteiger charge is -2.31. The first-order chi connectivity index (χ1) is 12.2. The molecule has 2 aliphatic heterocycles. The van der Waals surface area contributed by atoms with E-state index in [9.17, 15) is 0 Å². The van der Waals surface area contributed by atoms with Gasteiger partial charge in [-0.15, -0.1) is 0 Å². The van der Waals surface area contributed by atoms with Gasteiger partial charge in [-0.3, -0.25) is 0 Å². The van der Waals surface area contributed by atoms with Gasteiger partial charge in [0.05, 0.1) is 19.3 Å². The minimum atomic E-state index is 0.338. The second-order valence-corrected chi connectivity index (χ2v) is 7.31. The van der Waals surface area contributed by atoms with Crippen LogP contribution >= 0.6 is 0 Å². The van der Waals surface area contributed by atoms with E-state index in [4.69, 9.17) is 15.2 Å². The SMILES string of the molecule is C[C@H]1CCCN(C(N)=NCc2ccc(COC3CCOCC3)cc2)C1. The summed E-state index contributed by atoms with van der Waals surface area (Å²) >= 11 is 0. The quantitative estimate of drug-likeness (QED) is 0.658. The Bertz CT molecular complexity index is 553. The molecule has 2 saturated heterocycles. The highest BCUT2D eigenvalue weighted by atomic mass is 16.5. The Balaban J connectivity index is 1.46. The van der Waals surface area contributed by atoms with Crippen molar-refractivity contribution in [3.05, 3.63) is 35.4 Å². The molecule has 0 spiro atoms. The summed E-state index contributed by atoms with van der Waals surface area (Å²) in [6.45, 7) is 7.28. The van der Waals surface area contributed by atoms with Crippen molar-refractivity contribution in [3.8, 4) is 0 Å². The molecule has 0 aromatic heterocycles. The van der Waals surface area contributed by atoms with Crippen LogP contribution in [0, 0.1) is 5.92 Å². The van der Waals surface area contributed by atoms with Crippen LogP contribution in [-0.4, -0.2) is 43.3 Å². The summed E-state index contributed by atoms with van der Waals surface area (Å²) in [5.41, 5.74) is 8.55. The second kappa shape index (κ2) is 9.20. The first-order valence-electron chi connectivity index (χ1n) is 9.53. The van der Waals surface area contributed by atoms with Crippen LogP contribution in [0.4, 0.5) is 0 Å². The number of aliphatic imine (C=N–C) groups is 1. The number of hydrogen-bond donors (Lipinski definition) is 1. The predicted octanol–water partition coefficient (Wildman–Crippen LogP) is 2.93. The smallest absolute Gasteiger partial charge is 0.191 e. The van der Waals surface area contributed by atoms with Crippen molar-refractivity contribution in [2.75, 3.05) is 26.3 Å². The Labute approximate surface area is 151 Å². The number of rotatable bonds is 5. The molecule has 3 rings (SSSR count). The van der Waals surface area contributed by atoms with Crippen molar-refractivity contribution >= 4 is 5.96 Å². The maximum Gasteiger partial charge on any atom is 0.191 e. The van der Waals surface area contributed by atoms with Crippen molar-refractivity contribution < 1.29 is 9.47 Å². The maximum absolute atomic E-state index is 6.16. The van der Waals surface area contributed by atoms with Gasteiger partial charge in [0, 0.05) is 26.3 Å². The fraction of sp³-hybridized carbons (Fsp3) is 0.650. The van der Waals surface area contributed by atoms with Crippen LogP contribution in [0.2, 0.25) is 0 Å². The number of nitrogens with two attached hydrogens (primary N) is 1. The minimum absolute atomic E-state index is 0.338. The lowest BCUT2D eigenvalue weighted by molar-refractivity contribution is -0.0390. The van der Waals surface area contributed by atoms with Crippen LogP contribution in [0.3, 0.4) is 0 Å². The van der Waals surface area contributed by atoms with E-state index in [0.29, 0.717) is 31.1 Å². The largest absolute Gasteiger partial charge is 0.381 e. The molecule has 0 saturated carbocycles. The monoisotopic (exact) mass is 345 g/mol. The molecule has 0 radical (unpaired) electrons. The first-order valence-corrected chi connectivity index (χ1v) is 9.53. The molecule has 2 N–H and O–H groups in total. The standard InChI is InChI=1S/C20H31N3O2/c1-16-3-2-10-23(14-16)20(21)22-13-17-4-6-18(7-5-17)15-25-19-8-11-24-12-9-19/h4-7,16,19H,2-3,8-15H2,1H3,(H2,21,22)/t16-/m0/s1. The molecule has 25 heavy (non-hydrogen) atoms. The lowest BCUT2D eigenvalue weighted by atomic mass is 10.0. The molecule has 2 fully saturated rings. The topological polar surface area (TPSA) is 60.1 Å². The highest BCUT2D eigenvalue weighted by molar-refractivity contribution is 5.78. The summed E-state index contributed by atoms with van der Waals surface area (Å²) in [6.07, 6.45) is 4.84. The van der Waals surface area contributed by atoms with E-state index in [0.717, 1.165) is 39.1 Å². The number of piperidine rings is 1. The highest BCUT2D eigenvalue weighted by Crippen LogP contribution is 2.16. The Morgan fingerprint density at radius 2 is 1.92 bits per heavy atom. The van der Waals surface area contributed by atoms with Gasteiger partial charge in [-0.05, 0) is 42.7 Å². The highest BCUT2D eigenvalue weighted by Gasteiger charge is 2.17. The van der Waals surface area contributed by atoms with E-state index in [1.54, 1.807) is 0 Å². The van der Waals surface area contributed by atoms with Gasteiger partial charge in [-0.1, -0.05) is 31.2 Å². The Morgan fingerprint density at radius 1 is 1.20 bits per heavy atom. The number of ether oxygens (including phenoxy) is 2. The summed E-state index contributed by atoms with van der Waals surface area (Å²) in [4.78, 5) is 6.79. The van der Waals surface area contributed by atoms with Crippen LogP contribution in [0.5, 0.6) is 0 Å². The van der Waals surface area contributed by atoms with Gasteiger partial charge in [0.25, 0.3) is 0 Å². The Morgan fingerprint density at radius 3 is 2.64 bits per heavy atom. The molecule has 0 amide bonds. The third kappa shape index (κ3) is 5.72. The number of guanidine groups is 1. The predicted molar refractivity (Wildman–Crippen MR) is 100 cm³/mol. The van der Waals surface area contributed by atoms with Crippen LogP contribution in [0.1, 0.15) is 43.7 Å². The molecule has 1 aromatic carbocycles. The summed E-state index contributed by atoms with van der Waals surface area (Å²) in [5, 5.41) is 0. The number of benzene rings is 1. The second-order valence-electron chi connectivity index (χ2n) is 7.31. The molecule has 5 heteroatoms. The summed E-state index contributed by atoms with van der Waals surface area (Å²) in [6, 6.07) is 8.50. The Hall–Kier alpha value is -1.59. The molecular formula is C20H31N3O2. The first kappa shape index (κ1) is 18.2. The van der Waals surface area contributed by atoms with Gasteiger partial charge in [-0.2, -0.15) is 0 Å². The molecule has 1 atom stereocenters. The molecule has 2 aliphatic rings. The number of hydrogen-bond acceptors (Lipinski definition) is 3. The van der Waals surface area contributed by atoms with E-state index in [-0.39, 0.29) is 0 Å². The van der Waals surface area contributed by atoms with E-state index < -0.39 is 0 Å². The van der Waals surface area contributed by atoms with E-state index >= 15 is 0 Å². The van der Waals surface area contributed by atoms with Crippen molar-refractivity contribution in [2.24, 2.45) is 16.6 Å². The van der Waals surface area contributed by atoms with Crippen LogP contribution in [0.15, 0.2) is 29.3 Å². The molecule has 0 aliphatic carbocycles. The number of likely N-dealkylation sites (tertiary alicyclic amines) is 1. The molecule has 138 valence electrons. The molecule has 5 nitrogen and oxygen atoms in total. The van der Waals surface area contributed by atoms with E-state index in [2.05, 4.69) is 41.1 Å². The van der Waals surface area contributed by atoms with E-state index in [1.807, 2.05) is 0 Å². The van der Waals surface area contributed by atoms with Crippen molar-refractivity contribution in [1.82, 2.24) is 4.90 Å². The molecular weight excluding hydrogens is 314 g/mol.